The van der Waals surface area contributed by atoms with E-state index in [2.05, 4.69) is 4.98 Å². The Morgan fingerprint density at radius 3 is 2.34 bits per heavy atom. The summed E-state index contributed by atoms with van der Waals surface area (Å²) in [4.78, 5) is 32.0. The quantitative estimate of drug-likeness (QED) is 0.184. The van der Waals surface area contributed by atoms with Crippen LogP contribution in [0.4, 0.5) is 0 Å². The van der Waals surface area contributed by atoms with Gasteiger partial charge in [0.1, 0.15) is 46.9 Å². The first-order chi connectivity index (χ1) is 20.0. The van der Waals surface area contributed by atoms with Gasteiger partial charge in [-0.2, -0.15) is 0 Å². The molecule has 3 heterocycles. The normalized spacial score (nSPS) is 17.9. The zero-order chi connectivity index (χ0) is 28.8. The van der Waals surface area contributed by atoms with Crippen LogP contribution < -0.4 is 19.9 Å². The lowest BCUT2D eigenvalue weighted by atomic mass is 10.0. The van der Waals surface area contributed by atoms with E-state index >= 15 is 0 Å². The van der Waals surface area contributed by atoms with Crippen LogP contribution in [0.2, 0.25) is 0 Å². The van der Waals surface area contributed by atoms with E-state index in [4.69, 9.17) is 24.7 Å². The van der Waals surface area contributed by atoms with Gasteiger partial charge in [-0.3, -0.25) is 9.69 Å². The minimum atomic E-state index is -0.612. The van der Waals surface area contributed by atoms with E-state index in [-0.39, 0.29) is 17.9 Å². The Morgan fingerprint density at radius 1 is 1.02 bits per heavy atom. The van der Waals surface area contributed by atoms with Crippen molar-refractivity contribution in [1.82, 2.24) is 9.88 Å². The number of thioether (sulfide) groups is 2. The predicted octanol–water partition coefficient (Wildman–Crippen LogP) is 4.40. The summed E-state index contributed by atoms with van der Waals surface area (Å²) >= 11 is 3.11. The van der Waals surface area contributed by atoms with Crippen LogP contribution in [0.1, 0.15) is 17.5 Å². The molecule has 0 radical (unpaired) electrons. The van der Waals surface area contributed by atoms with E-state index < -0.39 is 12.0 Å². The molecule has 3 aromatic rings. The van der Waals surface area contributed by atoms with E-state index in [1.165, 1.54) is 16.7 Å². The molecule has 2 aliphatic rings. The summed E-state index contributed by atoms with van der Waals surface area (Å²) in [5.41, 5.74) is 9.03. The second-order valence-corrected chi connectivity index (χ2v) is 11.5. The minimum absolute atomic E-state index is 0.0864. The Hall–Kier alpha value is -3.67. The third-order valence-electron chi connectivity index (χ3n) is 6.74. The molecule has 2 aromatic carbocycles. The minimum Gasteiger partial charge on any atom is -0.497 e. The van der Waals surface area contributed by atoms with E-state index in [0.717, 1.165) is 33.2 Å². The fraction of sp³-hybridized carbons (Fsp3) is 0.300. The number of amides is 1. The number of benzene rings is 2. The predicted molar refractivity (Wildman–Crippen MR) is 158 cm³/mol. The van der Waals surface area contributed by atoms with Gasteiger partial charge in [0.25, 0.3) is 0 Å². The first kappa shape index (κ1) is 28.8. The number of rotatable bonds is 12. The van der Waals surface area contributed by atoms with Crippen molar-refractivity contribution in [3.05, 3.63) is 89.3 Å². The number of ether oxygens (including phenoxy) is 4. The highest BCUT2D eigenvalue weighted by molar-refractivity contribution is 8.00. The average Bonchev–Trinajstić information content (AvgIpc) is 3.02. The van der Waals surface area contributed by atoms with Gasteiger partial charge in [-0.15, -0.1) is 23.5 Å². The van der Waals surface area contributed by atoms with Gasteiger partial charge in [-0.1, -0.05) is 24.3 Å². The van der Waals surface area contributed by atoms with E-state index in [1.54, 1.807) is 32.2 Å². The lowest BCUT2D eigenvalue weighted by Gasteiger charge is -2.48. The number of methoxy groups -OCH3 is 2. The van der Waals surface area contributed by atoms with Gasteiger partial charge in [-0.25, -0.2) is 9.78 Å². The number of hydrogen-bond acceptors (Lipinski definition) is 10. The maximum absolute atomic E-state index is 13.3. The zero-order valence-corrected chi connectivity index (χ0v) is 24.4. The summed E-state index contributed by atoms with van der Waals surface area (Å²) in [6.45, 7) is 0.483. The third kappa shape index (κ3) is 6.64. The molecule has 1 aromatic heterocycles. The number of esters is 1. The molecule has 2 atom stereocenters. The van der Waals surface area contributed by atoms with Crippen LogP contribution >= 0.6 is 23.5 Å². The van der Waals surface area contributed by atoms with E-state index in [9.17, 15) is 9.59 Å². The first-order valence-electron chi connectivity index (χ1n) is 13.0. The van der Waals surface area contributed by atoms with Crippen LogP contribution in [0.15, 0.2) is 83.2 Å². The van der Waals surface area contributed by atoms with Crippen LogP contribution in [-0.2, 0) is 27.5 Å². The molecule has 2 aliphatic heterocycles. The first-order valence-corrected chi connectivity index (χ1v) is 15.1. The number of nitrogens with zero attached hydrogens (tertiary/aromatic N) is 2. The monoisotopic (exact) mass is 593 g/mol. The summed E-state index contributed by atoms with van der Waals surface area (Å²) in [6, 6.07) is 18.1. The molecule has 214 valence electrons. The Kier molecular flexibility index (Phi) is 9.38. The zero-order valence-electron chi connectivity index (χ0n) is 22.8. The molecule has 1 amide bonds. The van der Waals surface area contributed by atoms with Crippen LogP contribution in [0.3, 0.4) is 0 Å². The van der Waals surface area contributed by atoms with Gasteiger partial charge in [-0.05, 0) is 59.5 Å². The summed E-state index contributed by atoms with van der Waals surface area (Å²) in [7, 11) is 3.23. The van der Waals surface area contributed by atoms with E-state index in [0.29, 0.717) is 36.0 Å². The van der Waals surface area contributed by atoms with Crippen molar-refractivity contribution in [3.8, 4) is 17.2 Å². The van der Waals surface area contributed by atoms with Crippen LogP contribution in [0.25, 0.3) is 0 Å². The lowest BCUT2D eigenvalue weighted by molar-refractivity contribution is -0.151. The number of pyridine rings is 1. The van der Waals surface area contributed by atoms with Crippen molar-refractivity contribution in [2.75, 3.05) is 25.7 Å². The van der Waals surface area contributed by atoms with Crippen molar-refractivity contribution in [2.45, 2.75) is 36.1 Å². The Labute approximate surface area is 247 Å². The molecule has 2 N–H and O–H groups in total. The highest BCUT2D eigenvalue weighted by atomic mass is 32.2. The molecule has 5 rings (SSSR count). The molecule has 1 saturated heterocycles. The number of carbonyl (C=O) groups excluding carboxylic acids is 2. The molecule has 0 bridgehead atoms. The largest absolute Gasteiger partial charge is 0.497 e. The van der Waals surface area contributed by atoms with Gasteiger partial charge in [0, 0.05) is 17.7 Å². The van der Waals surface area contributed by atoms with Gasteiger partial charge < -0.3 is 24.7 Å². The van der Waals surface area contributed by atoms with E-state index in [1.807, 2.05) is 60.7 Å². The molecule has 9 nitrogen and oxygen atoms in total. The highest BCUT2D eigenvalue weighted by Crippen LogP contribution is 2.41. The molecule has 41 heavy (non-hydrogen) atoms. The summed E-state index contributed by atoms with van der Waals surface area (Å²) < 4.78 is 22.1. The molecule has 11 heteroatoms. The maximum atomic E-state index is 13.3. The number of fused-ring (bicyclic) bond motifs is 1. The number of carbonyl (C=O) groups is 2. The highest BCUT2D eigenvalue weighted by Gasteiger charge is 2.51. The Bertz CT molecular complexity index is 1410. The molecule has 1 fully saturated rings. The van der Waals surface area contributed by atoms with Crippen LogP contribution in [0, 0.1) is 0 Å². The van der Waals surface area contributed by atoms with Crippen LogP contribution in [0.5, 0.6) is 17.2 Å². The summed E-state index contributed by atoms with van der Waals surface area (Å²) in [5.74, 6) is 2.65. The fourth-order valence-electron chi connectivity index (χ4n) is 4.45. The van der Waals surface area contributed by atoms with Gasteiger partial charge in [0.15, 0.2) is 5.75 Å². The van der Waals surface area contributed by atoms with Crippen molar-refractivity contribution in [2.24, 2.45) is 5.73 Å². The third-order valence-corrected chi connectivity index (χ3v) is 9.09. The van der Waals surface area contributed by atoms with Gasteiger partial charge in [0.05, 0.1) is 14.2 Å². The second-order valence-electron chi connectivity index (χ2n) is 9.35. The Morgan fingerprint density at radius 2 is 1.68 bits per heavy atom. The summed E-state index contributed by atoms with van der Waals surface area (Å²) in [6.07, 6.45) is 2.30. The molecular weight excluding hydrogens is 562 g/mol. The molecule has 0 unspecified atom stereocenters. The fourth-order valence-corrected chi connectivity index (χ4v) is 6.73. The van der Waals surface area contributed by atoms with Crippen LogP contribution in [-0.4, -0.2) is 58.9 Å². The smallest absolute Gasteiger partial charge is 0.355 e. The maximum Gasteiger partial charge on any atom is 0.355 e. The Balaban J connectivity index is 1.24. The second kappa shape index (κ2) is 13.3. The van der Waals surface area contributed by atoms with Gasteiger partial charge >= 0.3 is 5.97 Å². The van der Waals surface area contributed by atoms with Crippen molar-refractivity contribution in [1.29, 1.82) is 0 Å². The van der Waals surface area contributed by atoms with Gasteiger partial charge in [0.2, 0.25) is 5.91 Å². The van der Waals surface area contributed by atoms with Crippen molar-refractivity contribution in [3.63, 3.8) is 0 Å². The topological polar surface area (TPSA) is 113 Å². The average molecular weight is 594 g/mol. The lowest BCUT2D eigenvalue weighted by Crippen LogP contribution is -2.68. The number of nitrogens with two attached hydrogens (primary N) is 1. The number of β-lactam (4-membered cyclic amide) rings is 1. The SMILES string of the molecule is COc1ccc(COC(=O)C2=C(CCSc3ncccc3OCc3ccc(OC)cc3)CS[C@@H]3[C@H](N)C(=O)N23)cc1. The van der Waals surface area contributed by atoms with Crippen molar-refractivity contribution >= 4 is 35.4 Å². The number of hydrogen-bond donors (Lipinski definition) is 1. The molecule has 0 aliphatic carbocycles. The molecular formula is C30H31N3O6S2. The van der Waals surface area contributed by atoms with Crippen molar-refractivity contribution < 1.29 is 28.5 Å². The number of aromatic nitrogens is 1. The standard InChI is InChI=1S/C30H31N3O6S2/c1-36-22-9-5-19(6-10-22)16-38-24-4-3-14-32-27(24)40-15-13-21-18-41-29-25(31)28(34)33(29)26(21)30(35)39-17-20-7-11-23(37-2)12-8-20/h3-12,14,25,29H,13,15-18,31H2,1-2H3/t25-,29-/m1/s1. The molecule has 0 spiro atoms. The molecule has 0 saturated carbocycles. The summed E-state index contributed by atoms with van der Waals surface area (Å²) in [5, 5.41) is 0.504.